The van der Waals surface area contributed by atoms with Crippen LogP contribution < -0.4 is 5.32 Å². The number of hydrogen-bond donors (Lipinski definition) is 1. The second kappa shape index (κ2) is 6.44. The molecule has 0 bridgehead atoms. The summed E-state index contributed by atoms with van der Waals surface area (Å²) < 4.78 is 12.4. The number of benzene rings is 1. The topological polar surface area (TPSA) is 50.8 Å². The number of hydrogen-bond acceptors (Lipinski definition) is 4. The fourth-order valence-corrected chi connectivity index (χ4v) is 3.14. The lowest BCUT2D eigenvalue weighted by Gasteiger charge is -2.38. The van der Waals surface area contributed by atoms with Crippen LogP contribution in [0.4, 0.5) is 5.69 Å². The van der Waals surface area contributed by atoms with E-state index in [9.17, 15) is 4.79 Å². The Morgan fingerprint density at radius 1 is 1.29 bits per heavy atom. The number of halogens is 1. The van der Waals surface area contributed by atoms with Gasteiger partial charge in [-0.2, -0.15) is 0 Å². The van der Waals surface area contributed by atoms with Crippen molar-refractivity contribution in [3.8, 4) is 0 Å². The van der Waals surface area contributed by atoms with E-state index in [0.29, 0.717) is 26.3 Å². The van der Waals surface area contributed by atoms with Gasteiger partial charge in [-0.05, 0) is 37.2 Å². The number of piperidine rings is 1. The van der Waals surface area contributed by atoms with E-state index < -0.39 is 5.79 Å². The van der Waals surface area contributed by atoms with Crippen LogP contribution in [0.2, 0.25) is 0 Å². The van der Waals surface area contributed by atoms with Gasteiger partial charge in [0, 0.05) is 16.6 Å². The molecule has 0 unspecified atom stereocenters. The van der Waals surface area contributed by atoms with Gasteiger partial charge in [-0.3, -0.25) is 9.69 Å². The molecule has 1 amide bonds. The fraction of sp³-hybridized carbons (Fsp3) is 0.533. The molecule has 21 heavy (non-hydrogen) atoms. The molecule has 1 spiro atoms. The van der Waals surface area contributed by atoms with Crippen molar-refractivity contribution in [2.75, 3.05) is 38.2 Å². The molecule has 0 radical (unpaired) electrons. The number of likely N-dealkylation sites (tertiary alicyclic amines) is 1. The minimum Gasteiger partial charge on any atom is -0.346 e. The van der Waals surface area contributed by atoms with Crippen LogP contribution in [0.3, 0.4) is 0 Å². The minimum atomic E-state index is -0.476. The molecule has 1 aromatic carbocycles. The van der Waals surface area contributed by atoms with E-state index in [2.05, 4.69) is 26.1 Å². The second-order valence-electron chi connectivity index (χ2n) is 5.48. The van der Waals surface area contributed by atoms with Crippen molar-refractivity contribution in [3.05, 3.63) is 28.7 Å². The predicted octanol–water partition coefficient (Wildman–Crippen LogP) is 2.23. The fourth-order valence-electron chi connectivity index (χ4n) is 2.88. The van der Waals surface area contributed by atoms with E-state index in [1.807, 2.05) is 24.3 Å². The highest BCUT2D eigenvalue weighted by Gasteiger charge is 2.40. The number of carbonyl (C=O) groups is 1. The average Bonchev–Trinajstić information content (AvgIpc) is 2.89. The Hall–Kier alpha value is -0.950. The molecule has 5 nitrogen and oxygen atoms in total. The Morgan fingerprint density at radius 3 is 2.71 bits per heavy atom. The van der Waals surface area contributed by atoms with E-state index in [1.54, 1.807) is 0 Å². The number of rotatable bonds is 3. The van der Waals surface area contributed by atoms with Gasteiger partial charge in [0.2, 0.25) is 5.91 Å². The average molecular weight is 355 g/mol. The molecule has 2 aliphatic heterocycles. The Morgan fingerprint density at radius 2 is 2.00 bits per heavy atom. The van der Waals surface area contributed by atoms with Gasteiger partial charge in [0.1, 0.15) is 0 Å². The summed E-state index contributed by atoms with van der Waals surface area (Å²) in [6, 6.07) is 7.57. The van der Waals surface area contributed by atoms with E-state index in [0.717, 1.165) is 29.5 Å². The molecular weight excluding hydrogens is 336 g/mol. The first-order valence-electron chi connectivity index (χ1n) is 7.21. The lowest BCUT2D eigenvalue weighted by molar-refractivity contribution is -0.189. The molecule has 2 fully saturated rings. The lowest BCUT2D eigenvalue weighted by atomic mass is 10.0. The number of nitrogens with one attached hydrogen (secondary N) is 1. The summed E-state index contributed by atoms with van der Waals surface area (Å²) in [5, 5.41) is 2.91. The van der Waals surface area contributed by atoms with Crippen molar-refractivity contribution in [2.24, 2.45) is 0 Å². The Balaban J connectivity index is 1.53. The Labute approximate surface area is 132 Å². The molecule has 0 saturated carbocycles. The molecule has 6 heteroatoms. The summed E-state index contributed by atoms with van der Waals surface area (Å²) in [5.41, 5.74) is 0.809. The van der Waals surface area contributed by atoms with Gasteiger partial charge in [-0.15, -0.1) is 0 Å². The molecule has 2 saturated heterocycles. The van der Waals surface area contributed by atoms with Crippen LogP contribution in [-0.2, 0) is 14.3 Å². The highest BCUT2D eigenvalue weighted by atomic mass is 79.9. The SMILES string of the molecule is O=C(CN1CCCC2(C1)OCCO2)Nc1ccc(Br)cc1. The number of carbonyl (C=O) groups excluding carboxylic acids is 1. The first kappa shape index (κ1) is 15.0. The second-order valence-corrected chi connectivity index (χ2v) is 6.39. The molecule has 2 heterocycles. The summed E-state index contributed by atoms with van der Waals surface area (Å²) >= 11 is 3.38. The molecule has 2 aliphatic rings. The maximum absolute atomic E-state index is 12.1. The minimum absolute atomic E-state index is 0.00707. The van der Waals surface area contributed by atoms with Crippen LogP contribution in [0.15, 0.2) is 28.7 Å². The van der Waals surface area contributed by atoms with Gasteiger partial charge in [0.25, 0.3) is 0 Å². The third-order valence-electron chi connectivity index (χ3n) is 3.81. The van der Waals surface area contributed by atoms with Crippen molar-refractivity contribution >= 4 is 27.5 Å². The summed E-state index contributed by atoms with van der Waals surface area (Å²) in [6.07, 6.45) is 1.91. The van der Waals surface area contributed by atoms with E-state index >= 15 is 0 Å². The van der Waals surface area contributed by atoms with Crippen LogP contribution in [0, 0.1) is 0 Å². The van der Waals surface area contributed by atoms with Crippen LogP contribution in [0.1, 0.15) is 12.8 Å². The predicted molar refractivity (Wildman–Crippen MR) is 83.1 cm³/mol. The van der Waals surface area contributed by atoms with Gasteiger partial charge in [-0.1, -0.05) is 15.9 Å². The van der Waals surface area contributed by atoms with Crippen LogP contribution >= 0.6 is 15.9 Å². The van der Waals surface area contributed by atoms with Crippen LogP contribution in [-0.4, -0.2) is 49.4 Å². The van der Waals surface area contributed by atoms with Crippen molar-refractivity contribution in [3.63, 3.8) is 0 Å². The van der Waals surface area contributed by atoms with Gasteiger partial charge in [0.15, 0.2) is 5.79 Å². The zero-order valence-electron chi connectivity index (χ0n) is 11.8. The normalized spacial score (nSPS) is 21.6. The Kier molecular flexibility index (Phi) is 4.59. The lowest BCUT2D eigenvalue weighted by Crippen LogP contribution is -2.50. The van der Waals surface area contributed by atoms with Gasteiger partial charge in [-0.25, -0.2) is 0 Å². The van der Waals surface area contributed by atoms with E-state index in [1.165, 1.54) is 0 Å². The molecular formula is C15H19BrN2O3. The number of amides is 1. The van der Waals surface area contributed by atoms with Crippen LogP contribution in [0.25, 0.3) is 0 Å². The standard InChI is InChI=1S/C15H19BrN2O3/c16-12-2-4-13(5-3-12)17-14(19)10-18-7-1-6-15(11-18)20-8-9-21-15/h2-5H,1,6-11H2,(H,17,19). The van der Waals surface area contributed by atoms with Crippen molar-refractivity contribution in [1.82, 2.24) is 4.90 Å². The van der Waals surface area contributed by atoms with E-state index in [4.69, 9.17) is 9.47 Å². The van der Waals surface area contributed by atoms with Gasteiger partial charge < -0.3 is 14.8 Å². The third-order valence-corrected chi connectivity index (χ3v) is 4.33. The van der Waals surface area contributed by atoms with Crippen molar-refractivity contribution in [2.45, 2.75) is 18.6 Å². The zero-order chi connectivity index (χ0) is 14.7. The molecule has 1 N–H and O–H groups in total. The first-order chi connectivity index (χ1) is 10.2. The largest absolute Gasteiger partial charge is 0.346 e. The summed E-state index contributed by atoms with van der Waals surface area (Å²) in [5.74, 6) is -0.483. The Bertz CT molecular complexity index is 500. The smallest absolute Gasteiger partial charge is 0.238 e. The monoisotopic (exact) mass is 354 g/mol. The van der Waals surface area contributed by atoms with Gasteiger partial charge in [0.05, 0.1) is 26.3 Å². The van der Waals surface area contributed by atoms with E-state index in [-0.39, 0.29) is 5.91 Å². The molecule has 1 aromatic rings. The zero-order valence-corrected chi connectivity index (χ0v) is 13.4. The summed E-state index contributed by atoms with van der Waals surface area (Å²) in [4.78, 5) is 14.2. The number of anilines is 1. The molecule has 3 rings (SSSR count). The first-order valence-corrected chi connectivity index (χ1v) is 8.00. The van der Waals surface area contributed by atoms with Crippen molar-refractivity contribution in [1.29, 1.82) is 0 Å². The highest BCUT2D eigenvalue weighted by molar-refractivity contribution is 9.10. The van der Waals surface area contributed by atoms with Crippen molar-refractivity contribution < 1.29 is 14.3 Å². The molecule has 114 valence electrons. The molecule has 0 aromatic heterocycles. The summed E-state index contributed by atoms with van der Waals surface area (Å²) in [6.45, 7) is 3.24. The highest BCUT2D eigenvalue weighted by Crippen LogP contribution is 2.29. The molecule has 0 atom stereocenters. The summed E-state index contributed by atoms with van der Waals surface area (Å²) in [7, 11) is 0. The van der Waals surface area contributed by atoms with Gasteiger partial charge >= 0.3 is 0 Å². The maximum Gasteiger partial charge on any atom is 0.238 e. The third kappa shape index (κ3) is 3.83. The quantitative estimate of drug-likeness (QED) is 0.904. The number of nitrogens with zero attached hydrogens (tertiary/aromatic N) is 1. The maximum atomic E-state index is 12.1. The van der Waals surface area contributed by atoms with Crippen LogP contribution in [0.5, 0.6) is 0 Å². The molecule has 0 aliphatic carbocycles. The number of ether oxygens (including phenoxy) is 2.